The van der Waals surface area contributed by atoms with Crippen molar-refractivity contribution < 1.29 is 5.11 Å². The van der Waals surface area contributed by atoms with E-state index in [0.29, 0.717) is 18.7 Å². The first kappa shape index (κ1) is 14.6. The third-order valence-corrected chi connectivity index (χ3v) is 3.69. The van der Waals surface area contributed by atoms with Gasteiger partial charge in [0, 0.05) is 17.6 Å². The summed E-state index contributed by atoms with van der Waals surface area (Å²) in [6, 6.07) is 17.9. The number of halogens is 1. The van der Waals surface area contributed by atoms with Gasteiger partial charge >= 0.3 is 0 Å². The molecular formula is C16H15BrN2O. The number of aliphatic hydroxyl groups is 1. The van der Waals surface area contributed by atoms with Gasteiger partial charge in [0.15, 0.2) is 0 Å². The maximum atomic E-state index is 9.31. The van der Waals surface area contributed by atoms with Gasteiger partial charge in [-0.05, 0) is 33.6 Å². The van der Waals surface area contributed by atoms with E-state index < -0.39 is 0 Å². The first-order valence-corrected chi connectivity index (χ1v) is 7.14. The molecule has 2 rings (SSSR count). The Morgan fingerprint density at radius 1 is 1.10 bits per heavy atom. The molecular weight excluding hydrogens is 316 g/mol. The SMILES string of the molecule is N#Cc1c(Br)cccc1N(CCO)Cc1ccccc1. The fourth-order valence-electron chi connectivity index (χ4n) is 2.10. The zero-order chi connectivity index (χ0) is 14.4. The van der Waals surface area contributed by atoms with E-state index in [-0.39, 0.29) is 6.61 Å². The standard InChI is InChI=1S/C16H15BrN2O/c17-15-7-4-8-16(14(15)11-18)19(9-10-20)12-13-5-2-1-3-6-13/h1-8,20H,9-10,12H2. The summed E-state index contributed by atoms with van der Waals surface area (Å²) >= 11 is 3.40. The molecule has 0 radical (unpaired) electrons. The molecule has 0 heterocycles. The van der Waals surface area contributed by atoms with Gasteiger partial charge in [-0.3, -0.25) is 0 Å². The van der Waals surface area contributed by atoms with Crippen LogP contribution in [0, 0.1) is 11.3 Å². The van der Waals surface area contributed by atoms with E-state index in [1.165, 1.54) is 0 Å². The van der Waals surface area contributed by atoms with Crippen molar-refractivity contribution >= 4 is 21.6 Å². The van der Waals surface area contributed by atoms with E-state index >= 15 is 0 Å². The number of hydrogen-bond donors (Lipinski definition) is 1. The van der Waals surface area contributed by atoms with E-state index in [2.05, 4.69) is 22.0 Å². The molecule has 0 atom stereocenters. The highest BCUT2D eigenvalue weighted by Crippen LogP contribution is 2.28. The summed E-state index contributed by atoms with van der Waals surface area (Å²) < 4.78 is 0.772. The van der Waals surface area contributed by atoms with Crippen molar-refractivity contribution in [2.75, 3.05) is 18.1 Å². The lowest BCUT2D eigenvalue weighted by Gasteiger charge is -2.25. The molecule has 0 aliphatic rings. The molecule has 20 heavy (non-hydrogen) atoms. The van der Waals surface area contributed by atoms with Crippen LogP contribution < -0.4 is 4.90 Å². The van der Waals surface area contributed by atoms with Crippen LogP contribution in [0.5, 0.6) is 0 Å². The summed E-state index contributed by atoms with van der Waals surface area (Å²) in [7, 11) is 0. The summed E-state index contributed by atoms with van der Waals surface area (Å²) in [6.07, 6.45) is 0. The number of benzene rings is 2. The third kappa shape index (κ3) is 3.38. The zero-order valence-corrected chi connectivity index (χ0v) is 12.5. The molecule has 0 amide bonds. The number of nitrogens with zero attached hydrogens (tertiary/aromatic N) is 2. The highest BCUT2D eigenvalue weighted by atomic mass is 79.9. The van der Waals surface area contributed by atoms with Gasteiger partial charge in [0.1, 0.15) is 6.07 Å². The number of hydrogen-bond acceptors (Lipinski definition) is 3. The molecule has 0 spiro atoms. The molecule has 0 bridgehead atoms. The van der Waals surface area contributed by atoms with Gasteiger partial charge in [-0.1, -0.05) is 36.4 Å². The van der Waals surface area contributed by atoms with Crippen LogP contribution >= 0.6 is 15.9 Å². The molecule has 0 aliphatic carbocycles. The summed E-state index contributed by atoms with van der Waals surface area (Å²) in [5, 5.41) is 18.6. The van der Waals surface area contributed by atoms with Crippen molar-refractivity contribution in [1.82, 2.24) is 0 Å². The fraction of sp³-hybridized carbons (Fsp3) is 0.188. The Bertz CT molecular complexity index is 608. The van der Waals surface area contributed by atoms with Gasteiger partial charge in [0.25, 0.3) is 0 Å². The molecule has 3 nitrogen and oxygen atoms in total. The average Bonchev–Trinajstić information content (AvgIpc) is 2.47. The first-order chi connectivity index (χ1) is 9.76. The Morgan fingerprint density at radius 3 is 2.50 bits per heavy atom. The molecule has 2 aromatic rings. The van der Waals surface area contributed by atoms with Gasteiger partial charge in [0.05, 0.1) is 17.9 Å². The van der Waals surface area contributed by atoms with Crippen molar-refractivity contribution in [1.29, 1.82) is 5.26 Å². The van der Waals surface area contributed by atoms with Crippen molar-refractivity contribution in [3.05, 3.63) is 64.1 Å². The molecule has 0 aliphatic heterocycles. The van der Waals surface area contributed by atoms with Crippen LogP contribution in [0.3, 0.4) is 0 Å². The number of nitriles is 1. The van der Waals surface area contributed by atoms with Crippen LogP contribution in [0.4, 0.5) is 5.69 Å². The second kappa shape index (κ2) is 7.09. The van der Waals surface area contributed by atoms with E-state index in [9.17, 15) is 10.4 Å². The topological polar surface area (TPSA) is 47.3 Å². The lowest BCUT2D eigenvalue weighted by molar-refractivity contribution is 0.301. The number of aliphatic hydroxyl groups excluding tert-OH is 1. The van der Waals surface area contributed by atoms with Crippen LogP contribution in [0.15, 0.2) is 53.0 Å². The van der Waals surface area contributed by atoms with Crippen LogP contribution in [0.25, 0.3) is 0 Å². The molecule has 0 saturated carbocycles. The van der Waals surface area contributed by atoms with E-state index in [1.54, 1.807) is 0 Å². The van der Waals surface area contributed by atoms with E-state index in [0.717, 1.165) is 15.7 Å². The minimum atomic E-state index is 0.0458. The van der Waals surface area contributed by atoms with Crippen LogP contribution in [-0.2, 0) is 6.54 Å². The monoisotopic (exact) mass is 330 g/mol. The normalized spacial score (nSPS) is 10.1. The van der Waals surface area contributed by atoms with Gasteiger partial charge < -0.3 is 10.0 Å². The quantitative estimate of drug-likeness (QED) is 0.914. The zero-order valence-electron chi connectivity index (χ0n) is 11.0. The molecule has 0 fully saturated rings. The second-order valence-electron chi connectivity index (χ2n) is 4.38. The van der Waals surface area contributed by atoms with Crippen molar-refractivity contribution in [2.24, 2.45) is 0 Å². The van der Waals surface area contributed by atoms with Crippen molar-refractivity contribution in [3.8, 4) is 6.07 Å². The van der Waals surface area contributed by atoms with Crippen LogP contribution in [-0.4, -0.2) is 18.3 Å². The highest BCUT2D eigenvalue weighted by Gasteiger charge is 2.13. The molecule has 0 aromatic heterocycles. The van der Waals surface area contributed by atoms with Gasteiger partial charge in [-0.25, -0.2) is 0 Å². The number of anilines is 1. The summed E-state index contributed by atoms with van der Waals surface area (Å²) in [4.78, 5) is 2.01. The van der Waals surface area contributed by atoms with E-state index in [1.807, 2.05) is 53.4 Å². The maximum absolute atomic E-state index is 9.31. The van der Waals surface area contributed by atoms with E-state index in [4.69, 9.17) is 0 Å². The van der Waals surface area contributed by atoms with Gasteiger partial charge in [-0.2, -0.15) is 5.26 Å². The number of rotatable bonds is 5. The first-order valence-electron chi connectivity index (χ1n) is 6.34. The summed E-state index contributed by atoms with van der Waals surface area (Å²) in [5.74, 6) is 0. The Hall–Kier alpha value is -1.83. The largest absolute Gasteiger partial charge is 0.395 e. The predicted molar refractivity (Wildman–Crippen MR) is 83.4 cm³/mol. The van der Waals surface area contributed by atoms with Gasteiger partial charge in [-0.15, -0.1) is 0 Å². The van der Waals surface area contributed by atoms with Crippen LogP contribution in [0.2, 0.25) is 0 Å². The minimum Gasteiger partial charge on any atom is -0.395 e. The molecule has 4 heteroatoms. The molecule has 102 valence electrons. The third-order valence-electron chi connectivity index (χ3n) is 3.03. The fourth-order valence-corrected chi connectivity index (χ4v) is 2.54. The Kier molecular flexibility index (Phi) is 5.16. The lowest BCUT2D eigenvalue weighted by atomic mass is 10.1. The Morgan fingerprint density at radius 2 is 1.85 bits per heavy atom. The minimum absolute atomic E-state index is 0.0458. The molecule has 1 N–H and O–H groups in total. The molecule has 0 saturated heterocycles. The van der Waals surface area contributed by atoms with Crippen LogP contribution in [0.1, 0.15) is 11.1 Å². The Labute approximate surface area is 127 Å². The van der Waals surface area contributed by atoms with Crippen molar-refractivity contribution in [3.63, 3.8) is 0 Å². The second-order valence-corrected chi connectivity index (χ2v) is 5.23. The average molecular weight is 331 g/mol. The Balaban J connectivity index is 2.34. The summed E-state index contributed by atoms with van der Waals surface area (Å²) in [5.41, 5.74) is 2.57. The predicted octanol–water partition coefficient (Wildman–Crippen LogP) is 3.32. The smallest absolute Gasteiger partial charge is 0.103 e. The summed E-state index contributed by atoms with van der Waals surface area (Å²) in [6.45, 7) is 1.19. The van der Waals surface area contributed by atoms with Gasteiger partial charge in [0.2, 0.25) is 0 Å². The maximum Gasteiger partial charge on any atom is 0.103 e. The highest BCUT2D eigenvalue weighted by molar-refractivity contribution is 9.10. The molecule has 2 aromatic carbocycles. The molecule has 0 unspecified atom stereocenters. The lowest BCUT2D eigenvalue weighted by Crippen LogP contribution is -2.26. The van der Waals surface area contributed by atoms with Crippen molar-refractivity contribution in [2.45, 2.75) is 6.54 Å².